The fraction of sp³-hybridized carbons (Fsp3) is 0.333. The molecule has 2 rings (SSSR count). The zero-order valence-electron chi connectivity index (χ0n) is 10.8. The van der Waals surface area contributed by atoms with Gasteiger partial charge in [0.25, 0.3) is 0 Å². The largest absolute Gasteiger partial charge is 0.396 e. The number of hydrogen-bond donors (Lipinski definition) is 2. The minimum absolute atomic E-state index is 0.0429. The maximum Gasteiger partial charge on any atom is 0.243 e. The van der Waals surface area contributed by atoms with Crippen LogP contribution >= 0.6 is 0 Å². The van der Waals surface area contributed by atoms with Crippen molar-refractivity contribution in [2.45, 2.75) is 24.4 Å². The van der Waals surface area contributed by atoms with Crippen molar-refractivity contribution >= 4 is 10.0 Å². The average Bonchev–Trinajstić information content (AvgIpc) is 2.94. The predicted molar refractivity (Wildman–Crippen MR) is 72.2 cm³/mol. The molecule has 0 bridgehead atoms. The van der Waals surface area contributed by atoms with Gasteiger partial charge in [0, 0.05) is 38.3 Å². The molecule has 8 heteroatoms. The van der Waals surface area contributed by atoms with Gasteiger partial charge in [0.15, 0.2) is 0 Å². The highest BCUT2D eigenvalue weighted by Gasteiger charge is 2.16. The molecular weight excluding hydrogens is 280 g/mol. The van der Waals surface area contributed by atoms with Gasteiger partial charge in [-0.1, -0.05) is 6.07 Å². The number of rotatable bonds is 7. The Hall–Kier alpha value is -1.77. The van der Waals surface area contributed by atoms with Crippen molar-refractivity contribution in [2.75, 3.05) is 6.61 Å². The smallest absolute Gasteiger partial charge is 0.243 e. The van der Waals surface area contributed by atoms with E-state index in [4.69, 9.17) is 5.11 Å². The van der Waals surface area contributed by atoms with Crippen LogP contribution in [0, 0.1) is 0 Å². The molecule has 0 atom stereocenters. The first-order valence-electron chi connectivity index (χ1n) is 6.14. The molecule has 0 aliphatic carbocycles. The Morgan fingerprint density at radius 3 is 2.90 bits per heavy atom. The zero-order chi connectivity index (χ0) is 14.4. The van der Waals surface area contributed by atoms with Gasteiger partial charge in [0.05, 0.1) is 6.20 Å². The molecule has 0 aromatic carbocycles. The molecular formula is C12H16N4O3S. The standard InChI is InChI=1S/C12H16N4O3S/c17-6-2-5-16-10-12(9-14-16)20(18,19)15-8-11-3-1-4-13-7-11/h1,3-4,7,9-10,15,17H,2,5-6,8H2. The SMILES string of the molecule is O=S(=O)(NCc1cccnc1)c1cnn(CCCO)c1. The molecule has 0 radical (unpaired) electrons. The number of nitrogens with one attached hydrogen (secondary N) is 1. The third-order valence-corrected chi connectivity index (χ3v) is 4.01. The van der Waals surface area contributed by atoms with Gasteiger partial charge in [0.2, 0.25) is 10.0 Å². The number of pyridine rings is 1. The number of aryl methyl sites for hydroxylation is 1. The van der Waals surface area contributed by atoms with Crippen molar-refractivity contribution in [2.24, 2.45) is 0 Å². The third-order valence-electron chi connectivity index (χ3n) is 2.65. The van der Waals surface area contributed by atoms with Crippen molar-refractivity contribution in [1.82, 2.24) is 19.5 Å². The minimum Gasteiger partial charge on any atom is -0.396 e. The van der Waals surface area contributed by atoms with Crippen LogP contribution in [0.3, 0.4) is 0 Å². The van der Waals surface area contributed by atoms with E-state index in [1.807, 2.05) is 0 Å². The summed E-state index contributed by atoms with van der Waals surface area (Å²) in [4.78, 5) is 4.03. The van der Waals surface area contributed by atoms with Crippen molar-refractivity contribution in [3.8, 4) is 0 Å². The van der Waals surface area contributed by atoms with E-state index in [9.17, 15) is 8.42 Å². The van der Waals surface area contributed by atoms with Gasteiger partial charge in [-0.3, -0.25) is 9.67 Å². The molecule has 0 saturated carbocycles. The van der Waals surface area contributed by atoms with Crippen LogP contribution < -0.4 is 4.72 Å². The first-order chi connectivity index (χ1) is 9.62. The first kappa shape index (κ1) is 14.6. The summed E-state index contributed by atoms with van der Waals surface area (Å²) in [6.07, 6.45) is 6.50. The second kappa shape index (κ2) is 6.60. The molecule has 0 aliphatic rings. The maximum absolute atomic E-state index is 12.1. The van der Waals surface area contributed by atoms with E-state index < -0.39 is 10.0 Å². The van der Waals surface area contributed by atoms with Crippen LogP contribution in [-0.2, 0) is 23.1 Å². The number of aliphatic hydroxyl groups excluding tert-OH is 1. The summed E-state index contributed by atoms with van der Waals surface area (Å²) in [6.45, 7) is 0.702. The van der Waals surface area contributed by atoms with Crippen LogP contribution in [0.25, 0.3) is 0 Å². The Labute approximate surface area is 117 Å². The normalized spacial score (nSPS) is 11.7. The summed E-state index contributed by atoms with van der Waals surface area (Å²) in [5.41, 5.74) is 0.781. The summed E-state index contributed by atoms with van der Waals surface area (Å²) in [6, 6.07) is 3.54. The maximum atomic E-state index is 12.1. The van der Waals surface area contributed by atoms with Gasteiger partial charge in [-0.05, 0) is 18.1 Å². The molecule has 0 amide bonds. The lowest BCUT2D eigenvalue weighted by Gasteiger charge is -2.04. The lowest BCUT2D eigenvalue weighted by atomic mass is 10.3. The Bertz CT molecular complexity index is 640. The summed E-state index contributed by atoms with van der Waals surface area (Å²) in [5, 5.41) is 12.7. The van der Waals surface area contributed by atoms with E-state index in [-0.39, 0.29) is 18.0 Å². The summed E-state index contributed by atoms with van der Waals surface area (Å²) in [7, 11) is -3.59. The fourth-order valence-corrected chi connectivity index (χ4v) is 2.57. The van der Waals surface area contributed by atoms with Gasteiger partial charge < -0.3 is 5.11 Å². The van der Waals surface area contributed by atoms with Crippen LogP contribution in [0.4, 0.5) is 0 Å². The lowest BCUT2D eigenvalue weighted by molar-refractivity contribution is 0.277. The molecule has 2 heterocycles. The van der Waals surface area contributed by atoms with Crippen LogP contribution in [0.5, 0.6) is 0 Å². The van der Waals surface area contributed by atoms with E-state index in [1.165, 1.54) is 17.1 Å². The van der Waals surface area contributed by atoms with Crippen molar-refractivity contribution in [3.63, 3.8) is 0 Å². The topological polar surface area (TPSA) is 97.1 Å². The van der Waals surface area contributed by atoms with Gasteiger partial charge in [-0.15, -0.1) is 0 Å². The fourth-order valence-electron chi connectivity index (χ4n) is 1.60. The highest BCUT2D eigenvalue weighted by molar-refractivity contribution is 7.89. The molecule has 20 heavy (non-hydrogen) atoms. The van der Waals surface area contributed by atoms with E-state index in [1.54, 1.807) is 24.5 Å². The highest BCUT2D eigenvalue weighted by Crippen LogP contribution is 2.08. The molecule has 7 nitrogen and oxygen atoms in total. The van der Waals surface area contributed by atoms with E-state index in [0.29, 0.717) is 13.0 Å². The first-order valence-corrected chi connectivity index (χ1v) is 7.62. The van der Waals surface area contributed by atoms with Gasteiger partial charge in [-0.2, -0.15) is 5.10 Å². The number of hydrogen-bond acceptors (Lipinski definition) is 5. The minimum atomic E-state index is -3.59. The third kappa shape index (κ3) is 3.86. The van der Waals surface area contributed by atoms with E-state index in [0.717, 1.165) is 5.56 Å². The Morgan fingerprint density at radius 2 is 2.20 bits per heavy atom. The highest BCUT2D eigenvalue weighted by atomic mass is 32.2. The Balaban J connectivity index is 2.01. The summed E-state index contributed by atoms with van der Waals surface area (Å²) in [5.74, 6) is 0. The van der Waals surface area contributed by atoms with Crippen LogP contribution in [0.2, 0.25) is 0 Å². The molecule has 0 saturated heterocycles. The van der Waals surface area contributed by atoms with Crippen molar-refractivity contribution < 1.29 is 13.5 Å². The van der Waals surface area contributed by atoms with Gasteiger partial charge >= 0.3 is 0 Å². The molecule has 2 N–H and O–H groups in total. The number of nitrogens with zero attached hydrogens (tertiary/aromatic N) is 3. The van der Waals surface area contributed by atoms with E-state index in [2.05, 4.69) is 14.8 Å². The number of sulfonamides is 1. The summed E-state index contributed by atoms with van der Waals surface area (Å²) < 4.78 is 28.1. The summed E-state index contributed by atoms with van der Waals surface area (Å²) >= 11 is 0. The van der Waals surface area contributed by atoms with Gasteiger partial charge in [-0.25, -0.2) is 13.1 Å². The second-order valence-electron chi connectivity index (χ2n) is 4.20. The number of aromatic nitrogens is 3. The van der Waals surface area contributed by atoms with E-state index >= 15 is 0 Å². The molecule has 108 valence electrons. The second-order valence-corrected chi connectivity index (χ2v) is 5.97. The molecule has 0 spiro atoms. The lowest BCUT2D eigenvalue weighted by Crippen LogP contribution is -2.22. The Morgan fingerprint density at radius 1 is 1.35 bits per heavy atom. The van der Waals surface area contributed by atoms with Gasteiger partial charge in [0.1, 0.15) is 4.90 Å². The Kier molecular flexibility index (Phi) is 4.83. The molecule has 0 aliphatic heterocycles. The van der Waals surface area contributed by atoms with Crippen LogP contribution in [0.15, 0.2) is 41.8 Å². The average molecular weight is 296 g/mol. The van der Waals surface area contributed by atoms with Crippen LogP contribution in [-0.4, -0.2) is 34.9 Å². The number of aliphatic hydroxyl groups is 1. The molecule has 2 aromatic rings. The monoisotopic (exact) mass is 296 g/mol. The van der Waals surface area contributed by atoms with Crippen molar-refractivity contribution in [1.29, 1.82) is 0 Å². The van der Waals surface area contributed by atoms with Crippen LogP contribution in [0.1, 0.15) is 12.0 Å². The van der Waals surface area contributed by atoms with Crippen molar-refractivity contribution in [3.05, 3.63) is 42.5 Å². The predicted octanol–water partition coefficient (Wildman–Crippen LogP) is 0.139. The molecule has 0 unspecified atom stereocenters. The zero-order valence-corrected chi connectivity index (χ0v) is 11.6. The molecule has 0 fully saturated rings. The quantitative estimate of drug-likeness (QED) is 0.757. The molecule has 2 aromatic heterocycles.